The van der Waals surface area contributed by atoms with Crippen LogP contribution in [0.3, 0.4) is 0 Å². The van der Waals surface area contributed by atoms with Crippen LogP contribution in [0.25, 0.3) is 0 Å². The van der Waals surface area contributed by atoms with Crippen LogP contribution in [0.15, 0.2) is 12.4 Å². The van der Waals surface area contributed by atoms with Crippen molar-refractivity contribution >= 4 is 11.7 Å². The standard InChI is InChI=1S/C15H25N5O/c1-3-7-17-14-11-16-10-13(19-14)15(21)18-8-9-20(4-2)12-5-6-12/h10-12H,3-9H2,1-2H3,(H,17,19)(H,18,21). The minimum Gasteiger partial charge on any atom is -0.369 e. The topological polar surface area (TPSA) is 70.2 Å². The zero-order valence-electron chi connectivity index (χ0n) is 12.9. The third-order valence-corrected chi connectivity index (χ3v) is 3.58. The number of hydrogen-bond donors (Lipinski definition) is 2. The van der Waals surface area contributed by atoms with Crippen molar-refractivity contribution in [2.75, 3.05) is 31.5 Å². The number of amides is 1. The molecule has 116 valence electrons. The van der Waals surface area contributed by atoms with Gasteiger partial charge in [0, 0.05) is 25.7 Å². The highest BCUT2D eigenvalue weighted by Crippen LogP contribution is 2.25. The molecule has 1 saturated carbocycles. The van der Waals surface area contributed by atoms with Gasteiger partial charge < -0.3 is 10.6 Å². The molecule has 0 spiro atoms. The molecule has 0 bridgehead atoms. The van der Waals surface area contributed by atoms with Crippen molar-refractivity contribution in [2.24, 2.45) is 0 Å². The molecule has 0 aliphatic heterocycles. The predicted octanol–water partition coefficient (Wildman–Crippen LogP) is 1.51. The van der Waals surface area contributed by atoms with Crippen LogP contribution in [0.4, 0.5) is 5.82 Å². The summed E-state index contributed by atoms with van der Waals surface area (Å²) >= 11 is 0. The van der Waals surface area contributed by atoms with Crippen molar-refractivity contribution in [2.45, 2.75) is 39.2 Å². The Kier molecular flexibility index (Phi) is 5.92. The van der Waals surface area contributed by atoms with E-state index in [1.807, 2.05) is 0 Å². The number of carbonyl (C=O) groups is 1. The maximum Gasteiger partial charge on any atom is 0.271 e. The minimum atomic E-state index is -0.158. The van der Waals surface area contributed by atoms with E-state index in [1.54, 1.807) is 6.20 Å². The van der Waals surface area contributed by atoms with Crippen LogP contribution in [0.2, 0.25) is 0 Å². The van der Waals surface area contributed by atoms with Crippen LogP contribution in [0.1, 0.15) is 43.6 Å². The van der Waals surface area contributed by atoms with Gasteiger partial charge in [0.2, 0.25) is 0 Å². The van der Waals surface area contributed by atoms with E-state index >= 15 is 0 Å². The van der Waals surface area contributed by atoms with Gasteiger partial charge in [-0.2, -0.15) is 0 Å². The molecule has 1 amide bonds. The Morgan fingerprint density at radius 2 is 2.14 bits per heavy atom. The Morgan fingerprint density at radius 1 is 1.33 bits per heavy atom. The molecule has 21 heavy (non-hydrogen) atoms. The number of nitrogens with zero attached hydrogens (tertiary/aromatic N) is 3. The number of likely N-dealkylation sites (N-methyl/N-ethyl adjacent to an activating group) is 1. The molecule has 6 heteroatoms. The first-order valence-electron chi connectivity index (χ1n) is 7.82. The summed E-state index contributed by atoms with van der Waals surface area (Å²) in [4.78, 5) is 22.8. The summed E-state index contributed by atoms with van der Waals surface area (Å²) in [5.74, 6) is 0.493. The molecule has 6 nitrogen and oxygen atoms in total. The van der Waals surface area contributed by atoms with E-state index in [0.29, 0.717) is 18.1 Å². The lowest BCUT2D eigenvalue weighted by Crippen LogP contribution is -2.36. The minimum absolute atomic E-state index is 0.158. The van der Waals surface area contributed by atoms with Crippen LogP contribution >= 0.6 is 0 Å². The lowest BCUT2D eigenvalue weighted by atomic mass is 10.4. The lowest BCUT2D eigenvalue weighted by molar-refractivity contribution is 0.0942. The molecular weight excluding hydrogens is 266 g/mol. The van der Waals surface area contributed by atoms with E-state index < -0.39 is 0 Å². The van der Waals surface area contributed by atoms with Gasteiger partial charge in [-0.3, -0.25) is 14.7 Å². The highest BCUT2D eigenvalue weighted by molar-refractivity contribution is 5.92. The summed E-state index contributed by atoms with van der Waals surface area (Å²) < 4.78 is 0. The third-order valence-electron chi connectivity index (χ3n) is 3.58. The fourth-order valence-electron chi connectivity index (χ4n) is 2.26. The number of anilines is 1. The van der Waals surface area contributed by atoms with Crippen molar-refractivity contribution in [1.29, 1.82) is 0 Å². The second-order valence-electron chi connectivity index (χ2n) is 5.33. The average Bonchev–Trinajstić information content (AvgIpc) is 3.34. The lowest BCUT2D eigenvalue weighted by Gasteiger charge is -2.19. The predicted molar refractivity (Wildman–Crippen MR) is 83.4 cm³/mol. The van der Waals surface area contributed by atoms with Crippen LogP contribution in [0.5, 0.6) is 0 Å². The van der Waals surface area contributed by atoms with E-state index in [0.717, 1.165) is 32.1 Å². The smallest absolute Gasteiger partial charge is 0.271 e. The molecule has 1 aromatic rings. The third kappa shape index (κ3) is 4.97. The molecule has 0 radical (unpaired) electrons. The van der Waals surface area contributed by atoms with Crippen molar-refractivity contribution in [1.82, 2.24) is 20.2 Å². The van der Waals surface area contributed by atoms with Gasteiger partial charge in [0.25, 0.3) is 5.91 Å². The summed E-state index contributed by atoms with van der Waals surface area (Å²) in [5.41, 5.74) is 0.366. The van der Waals surface area contributed by atoms with Crippen molar-refractivity contribution < 1.29 is 4.79 Å². The first-order chi connectivity index (χ1) is 10.2. The zero-order chi connectivity index (χ0) is 15.1. The van der Waals surface area contributed by atoms with Crippen LogP contribution in [-0.4, -0.2) is 53.0 Å². The molecule has 0 unspecified atom stereocenters. The molecule has 0 aromatic carbocycles. The second kappa shape index (κ2) is 7.93. The Hall–Kier alpha value is -1.69. The highest BCUT2D eigenvalue weighted by atomic mass is 16.1. The quantitative estimate of drug-likeness (QED) is 0.722. The fraction of sp³-hybridized carbons (Fsp3) is 0.667. The first-order valence-corrected chi connectivity index (χ1v) is 7.82. The zero-order valence-corrected chi connectivity index (χ0v) is 12.9. The molecule has 2 rings (SSSR count). The molecule has 1 fully saturated rings. The second-order valence-corrected chi connectivity index (χ2v) is 5.33. The van der Waals surface area contributed by atoms with Gasteiger partial charge in [0.05, 0.1) is 12.4 Å². The Morgan fingerprint density at radius 3 is 2.81 bits per heavy atom. The Bertz CT molecular complexity index is 461. The summed E-state index contributed by atoms with van der Waals surface area (Å²) in [6, 6.07) is 0.730. The maximum absolute atomic E-state index is 12.1. The first kappa shape index (κ1) is 15.7. The van der Waals surface area contributed by atoms with Crippen LogP contribution in [0, 0.1) is 0 Å². The normalized spacial score (nSPS) is 14.2. The number of nitrogens with one attached hydrogen (secondary N) is 2. The van der Waals surface area contributed by atoms with E-state index in [2.05, 4.69) is 39.3 Å². The molecule has 0 saturated heterocycles. The van der Waals surface area contributed by atoms with Crippen LogP contribution in [-0.2, 0) is 0 Å². The fourth-order valence-corrected chi connectivity index (χ4v) is 2.26. The SMILES string of the molecule is CCCNc1cncc(C(=O)NCCN(CC)C2CC2)n1. The molecule has 1 aliphatic rings. The van der Waals surface area contributed by atoms with E-state index in [1.165, 1.54) is 19.0 Å². The molecule has 2 N–H and O–H groups in total. The van der Waals surface area contributed by atoms with Gasteiger partial charge in [-0.25, -0.2) is 4.98 Å². The van der Waals surface area contributed by atoms with E-state index in [9.17, 15) is 4.79 Å². The Balaban J connectivity index is 1.79. The van der Waals surface area contributed by atoms with Gasteiger partial charge in [0.15, 0.2) is 0 Å². The largest absolute Gasteiger partial charge is 0.369 e. The van der Waals surface area contributed by atoms with Gasteiger partial charge in [-0.1, -0.05) is 13.8 Å². The summed E-state index contributed by atoms with van der Waals surface area (Å²) in [5, 5.41) is 6.05. The highest BCUT2D eigenvalue weighted by Gasteiger charge is 2.27. The van der Waals surface area contributed by atoms with Crippen LogP contribution < -0.4 is 10.6 Å². The van der Waals surface area contributed by atoms with Crippen molar-refractivity contribution in [3.8, 4) is 0 Å². The van der Waals surface area contributed by atoms with Gasteiger partial charge in [-0.15, -0.1) is 0 Å². The summed E-state index contributed by atoms with van der Waals surface area (Å²) in [7, 11) is 0. The number of hydrogen-bond acceptors (Lipinski definition) is 5. The Labute approximate surface area is 126 Å². The van der Waals surface area contributed by atoms with Gasteiger partial charge in [0.1, 0.15) is 11.5 Å². The summed E-state index contributed by atoms with van der Waals surface area (Å²) in [6.07, 6.45) is 6.73. The number of aromatic nitrogens is 2. The molecule has 0 atom stereocenters. The van der Waals surface area contributed by atoms with Crippen molar-refractivity contribution in [3.63, 3.8) is 0 Å². The number of carbonyl (C=O) groups excluding carboxylic acids is 1. The molecule has 1 heterocycles. The van der Waals surface area contributed by atoms with Crippen molar-refractivity contribution in [3.05, 3.63) is 18.1 Å². The summed E-state index contributed by atoms with van der Waals surface area (Å²) in [6.45, 7) is 7.65. The molecule has 1 aliphatic carbocycles. The van der Waals surface area contributed by atoms with Gasteiger partial charge in [-0.05, 0) is 25.8 Å². The maximum atomic E-state index is 12.1. The monoisotopic (exact) mass is 291 g/mol. The van der Waals surface area contributed by atoms with E-state index in [4.69, 9.17) is 0 Å². The molecule has 1 aromatic heterocycles. The van der Waals surface area contributed by atoms with Gasteiger partial charge >= 0.3 is 0 Å². The molecular formula is C15H25N5O. The van der Waals surface area contributed by atoms with E-state index in [-0.39, 0.29) is 5.91 Å². The average molecular weight is 291 g/mol. The number of rotatable bonds is 9.